The zero-order valence-electron chi connectivity index (χ0n) is 5.26. The van der Waals surface area contributed by atoms with E-state index < -0.39 is 0 Å². The number of nitrogens with one attached hydrogen (secondary N) is 1. The van der Waals surface area contributed by atoms with Gasteiger partial charge in [-0.15, -0.1) is 11.8 Å². The van der Waals surface area contributed by atoms with Gasteiger partial charge in [0, 0.05) is 6.20 Å². The molecule has 1 aliphatic rings. The van der Waals surface area contributed by atoms with Gasteiger partial charge in [0.1, 0.15) is 0 Å². The minimum Gasteiger partial charge on any atom is -0.331 e. The average molecular weight is 143 g/mol. The van der Waals surface area contributed by atoms with Crippen LogP contribution in [0.15, 0.2) is 11.6 Å². The van der Waals surface area contributed by atoms with Crippen molar-refractivity contribution in [3.8, 4) is 0 Å². The molecule has 1 atom stereocenters. The van der Waals surface area contributed by atoms with E-state index in [2.05, 4.69) is 5.32 Å². The summed E-state index contributed by atoms with van der Waals surface area (Å²) in [5.41, 5.74) is 0. The van der Waals surface area contributed by atoms with Crippen molar-refractivity contribution in [3.05, 3.63) is 11.6 Å². The highest BCUT2D eigenvalue weighted by Crippen LogP contribution is 2.18. The van der Waals surface area contributed by atoms with Crippen molar-refractivity contribution in [1.29, 1.82) is 0 Å². The van der Waals surface area contributed by atoms with E-state index in [0.717, 1.165) is 6.42 Å². The fraction of sp³-hybridized carbons (Fsp3) is 0.500. The van der Waals surface area contributed by atoms with Gasteiger partial charge in [0.25, 0.3) is 0 Å². The molecule has 1 heterocycles. The summed E-state index contributed by atoms with van der Waals surface area (Å²) >= 11 is 1.58. The molecule has 9 heavy (non-hydrogen) atoms. The lowest BCUT2D eigenvalue weighted by atomic mass is 10.3. The van der Waals surface area contributed by atoms with Crippen molar-refractivity contribution in [3.63, 3.8) is 0 Å². The highest BCUT2D eigenvalue weighted by molar-refractivity contribution is 8.03. The topological polar surface area (TPSA) is 29.1 Å². The van der Waals surface area contributed by atoms with Crippen LogP contribution in [0.3, 0.4) is 0 Å². The van der Waals surface area contributed by atoms with Gasteiger partial charge in [-0.1, -0.05) is 6.92 Å². The summed E-state index contributed by atoms with van der Waals surface area (Å²) in [5.74, 6) is 0.130. The van der Waals surface area contributed by atoms with Crippen molar-refractivity contribution in [2.75, 3.05) is 0 Å². The Labute approximate surface area is 58.7 Å². The van der Waals surface area contributed by atoms with Gasteiger partial charge in [0.15, 0.2) is 0 Å². The third-order valence-electron chi connectivity index (χ3n) is 1.20. The van der Waals surface area contributed by atoms with Crippen LogP contribution in [-0.2, 0) is 4.79 Å². The molecule has 0 saturated heterocycles. The summed E-state index contributed by atoms with van der Waals surface area (Å²) in [6, 6.07) is 0. The Bertz CT molecular complexity index is 144. The van der Waals surface area contributed by atoms with Crippen LogP contribution >= 0.6 is 11.8 Å². The molecule has 50 valence electrons. The number of hydrogen-bond acceptors (Lipinski definition) is 2. The molecule has 1 aliphatic heterocycles. The van der Waals surface area contributed by atoms with E-state index in [4.69, 9.17) is 0 Å². The minimum atomic E-state index is 0.130. The highest BCUT2D eigenvalue weighted by atomic mass is 32.2. The number of carbonyl (C=O) groups is 1. The van der Waals surface area contributed by atoms with Crippen LogP contribution in [0.1, 0.15) is 13.3 Å². The molecule has 1 rings (SSSR count). The van der Waals surface area contributed by atoms with Crippen molar-refractivity contribution in [2.24, 2.45) is 0 Å². The molecule has 3 heteroatoms. The lowest BCUT2D eigenvalue weighted by Gasteiger charge is -2.13. The van der Waals surface area contributed by atoms with Gasteiger partial charge in [0.2, 0.25) is 5.91 Å². The van der Waals surface area contributed by atoms with E-state index in [0.29, 0.717) is 0 Å². The van der Waals surface area contributed by atoms with Crippen LogP contribution in [0, 0.1) is 0 Å². The first-order chi connectivity index (χ1) is 4.34. The second kappa shape index (κ2) is 2.92. The van der Waals surface area contributed by atoms with E-state index in [1.807, 2.05) is 12.3 Å². The number of rotatable bonds is 1. The van der Waals surface area contributed by atoms with Crippen molar-refractivity contribution >= 4 is 17.7 Å². The molecular formula is C6H9NOS. The SMILES string of the molecule is CCC1SC=CNC1=O. The highest BCUT2D eigenvalue weighted by Gasteiger charge is 2.16. The Morgan fingerprint density at radius 1 is 1.89 bits per heavy atom. The Hall–Kier alpha value is -0.440. The van der Waals surface area contributed by atoms with Gasteiger partial charge >= 0.3 is 0 Å². The van der Waals surface area contributed by atoms with Gasteiger partial charge in [-0.2, -0.15) is 0 Å². The fourth-order valence-corrected chi connectivity index (χ4v) is 1.41. The second-order valence-corrected chi connectivity index (χ2v) is 2.96. The molecule has 0 radical (unpaired) electrons. The van der Waals surface area contributed by atoms with E-state index in [1.165, 1.54) is 0 Å². The van der Waals surface area contributed by atoms with Gasteiger partial charge in [0.05, 0.1) is 5.25 Å². The van der Waals surface area contributed by atoms with Crippen LogP contribution < -0.4 is 5.32 Å². The average Bonchev–Trinajstić information content (AvgIpc) is 1.89. The number of hydrogen-bond donors (Lipinski definition) is 1. The summed E-state index contributed by atoms with van der Waals surface area (Å²) in [6.45, 7) is 2.01. The summed E-state index contributed by atoms with van der Waals surface area (Å²) in [4.78, 5) is 10.8. The standard InChI is InChI=1S/C6H9NOS/c1-2-5-6(8)7-3-4-9-5/h3-5H,2H2,1H3,(H,7,8). The van der Waals surface area contributed by atoms with Crippen LogP contribution in [0.25, 0.3) is 0 Å². The molecule has 0 spiro atoms. The molecule has 0 aromatic heterocycles. The first-order valence-corrected chi connectivity index (χ1v) is 3.89. The smallest absolute Gasteiger partial charge is 0.237 e. The van der Waals surface area contributed by atoms with Crippen LogP contribution in [0.5, 0.6) is 0 Å². The van der Waals surface area contributed by atoms with E-state index in [9.17, 15) is 4.79 Å². The Morgan fingerprint density at radius 3 is 3.11 bits per heavy atom. The van der Waals surface area contributed by atoms with Gasteiger partial charge in [-0.3, -0.25) is 4.79 Å². The Balaban J connectivity index is 2.53. The van der Waals surface area contributed by atoms with Crippen molar-refractivity contribution < 1.29 is 4.79 Å². The predicted molar refractivity (Wildman–Crippen MR) is 39.0 cm³/mol. The monoisotopic (exact) mass is 143 g/mol. The van der Waals surface area contributed by atoms with Crippen LogP contribution in [0.2, 0.25) is 0 Å². The fourth-order valence-electron chi connectivity index (χ4n) is 0.687. The van der Waals surface area contributed by atoms with Crippen LogP contribution in [-0.4, -0.2) is 11.2 Å². The molecule has 0 bridgehead atoms. The van der Waals surface area contributed by atoms with Gasteiger partial charge < -0.3 is 5.32 Å². The van der Waals surface area contributed by atoms with Gasteiger partial charge in [-0.05, 0) is 11.8 Å². The maximum Gasteiger partial charge on any atom is 0.237 e. The molecule has 1 unspecified atom stereocenters. The number of amides is 1. The largest absolute Gasteiger partial charge is 0.331 e. The van der Waals surface area contributed by atoms with Gasteiger partial charge in [-0.25, -0.2) is 0 Å². The third-order valence-corrected chi connectivity index (χ3v) is 2.37. The zero-order valence-corrected chi connectivity index (χ0v) is 6.07. The maximum absolute atomic E-state index is 10.8. The second-order valence-electron chi connectivity index (χ2n) is 1.84. The number of thioether (sulfide) groups is 1. The predicted octanol–water partition coefficient (Wildman–Crippen LogP) is 1.10. The quantitative estimate of drug-likeness (QED) is 0.595. The first-order valence-electron chi connectivity index (χ1n) is 2.95. The lowest BCUT2D eigenvalue weighted by molar-refractivity contribution is -0.119. The third kappa shape index (κ3) is 1.48. The molecule has 0 aromatic rings. The molecule has 0 aromatic carbocycles. The maximum atomic E-state index is 10.8. The Morgan fingerprint density at radius 2 is 2.67 bits per heavy atom. The minimum absolute atomic E-state index is 0.130. The normalized spacial score (nSPS) is 25.9. The number of carbonyl (C=O) groups excluding carboxylic acids is 1. The first kappa shape index (κ1) is 6.68. The van der Waals surface area contributed by atoms with Crippen LogP contribution in [0.4, 0.5) is 0 Å². The molecule has 1 N–H and O–H groups in total. The summed E-state index contributed by atoms with van der Waals surface area (Å²) < 4.78 is 0. The van der Waals surface area contributed by atoms with E-state index >= 15 is 0 Å². The zero-order chi connectivity index (χ0) is 6.69. The molecule has 0 aliphatic carbocycles. The van der Waals surface area contributed by atoms with Crippen molar-refractivity contribution in [2.45, 2.75) is 18.6 Å². The summed E-state index contributed by atoms with van der Waals surface area (Å²) in [7, 11) is 0. The van der Waals surface area contributed by atoms with Crippen molar-refractivity contribution in [1.82, 2.24) is 5.32 Å². The molecule has 0 fully saturated rings. The van der Waals surface area contributed by atoms with E-state index in [-0.39, 0.29) is 11.2 Å². The summed E-state index contributed by atoms with van der Waals surface area (Å²) in [5, 5.41) is 4.69. The molecular weight excluding hydrogens is 134 g/mol. The van der Waals surface area contributed by atoms with E-state index in [1.54, 1.807) is 18.0 Å². The summed E-state index contributed by atoms with van der Waals surface area (Å²) in [6.07, 6.45) is 2.58. The Kier molecular flexibility index (Phi) is 2.16. The molecule has 2 nitrogen and oxygen atoms in total. The molecule has 0 saturated carbocycles. The lowest BCUT2D eigenvalue weighted by Crippen LogP contribution is -2.30. The molecule has 1 amide bonds.